The van der Waals surface area contributed by atoms with Crippen LogP contribution in [0.3, 0.4) is 0 Å². The number of thiophene rings is 1. The van der Waals surface area contributed by atoms with E-state index in [4.69, 9.17) is 9.15 Å². The summed E-state index contributed by atoms with van der Waals surface area (Å²) in [6.07, 6.45) is 3.19. The highest BCUT2D eigenvalue weighted by molar-refractivity contribution is 7.10. The Kier molecular flexibility index (Phi) is 8.70. The Balaban J connectivity index is 1.49. The van der Waals surface area contributed by atoms with Gasteiger partial charge < -0.3 is 24.3 Å². The molecule has 1 aliphatic rings. The number of carbonyl (C=O) groups excluding carboxylic acids is 2. The first-order valence-electron chi connectivity index (χ1n) is 12.6. The molecule has 7 nitrogen and oxygen atoms in total. The van der Waals surface area contributed by atoms with E-state index in [1.807, 2.05) is 30.0 Å². The summed E-state index contributed by atoms with van der Waals surface area (Å²) in [4.78, 5) is 31.1. The van der Waals surface area contributed by atoms with Crippen molar-refractivity contribution in [2.24, 2.45) is 0 Å². The van der Waals surface area contributed by atoms with Crippen molar-refractivity contribution in [1.82, 2.24) is 15.1 Å². The quantitative estimate of drug-likeness (QED) is 0.387. The Hall–Kier alpha value is -3.26. The molecule has 1 aromatic carbocycles. The molecule has 3 aromatic rings. The van der Waals surface area contributed by atoms with Crippen LogP contribution in [-0.2, 0) is 17.8 Å². The van der Waals surface area contributed by atoms with Crippen LogP contribution >= 0.6 is 11.3 Å². The lowest BCUT2D eigenvalue weighted by atomic mass is 10.00. The molecule has 1 aliphatic heterocycles. The number of rotatable bonds is 10. The molecule has 1 N–H and O–H groups in total. The van der Waals surface area contributed by atoms with Crippen LogP contribution in [0.5, 0.6) is 5.75 Å². The third-order valence-corrected chi connectivity index (χ3v) is 7.43. The van der Waals surface area contributed by atoms with Gasteiger partial charge in [-0.1, -0.05) is 32.9 Å². The van der Waals surface area contributed by atoms with Gasteiger partial charge in [-0.2, -0.15) is 0 Å². The average molecular weight is 510 g/mol. The second-order valence-corrected chi connectivity index (χ2v) is 10.4. The lowest BCUT2D eigenvalue weighted by Gasteiger charge is -2.37. The molecule has 0 radical (unpaired) electrons. The molecule has 0 saturated heterocycles. The number of furan rings is 1. The van der Waals surface area contributed by atoms with E-state index in [9.17, 15) is 9.59 Å². The summed E-state index contributed by atoms with van der Waals surface area (Å²) in [5.41, 5.74) is 2.39. The highest BCUT2D eigenvalue weighted by Gasteiger charge is 2.33. The lowest BCUT2D eigenvalue weighted by molar-refractivity contribution is -0.135. The number of hydrogen-bond donors (Lipinski definition) is 1. The average Bonchev–Trinajstić information content (AvgIpc) is 3.57. The standard InChI is InChI=1S/C28H35N3O4S/c1-4-13-29-28(33)30(17-23-6-5-15-34-23)18-27(32)31-14-11-26-24(12-16-36-26)25(31)19-35-22-9-7-21(8-10-22)20(2)3/h5-10,12,15-16,20,25H,4,11,13-14,17-19H2,1-3H3,(H,29,33). The minimum absolute atomic E-state index is 0.0324. The summed E-state index contributed by atoms with van der Waals surface area (Å²) >= 11 is 1.72. The normalized spacial score (nSPS) is 15.0. The number of nitrogens with zero attached hydrogens (tertiary/aromatic N) is 2. The maximum atomic E-state index is 13.6. The van der Waals surface area contributed by atoms with Crippen molar-refractivity contribution in [3.63, 3.8) is 0 Å². The van der Waals surface area contributed by atoms with Crippen molar-refractivity contribution in [2.45, 2.75) is 52.1 Å². The first kappa shape index (κ1) is 25.8. The van der Waals surface area contributed by atoms with Crippen LogP contribution < -0.4 is 10.1 Å². The van der Waals surface area contributed by atoms with E-state index in [1.54, 1.807) is 23.7 Å². The van der Waals surface area contributed by atoms with Gasteiger partial charge in [-0.25, -0.2) is 4.79 Å². The summed E-state index contributed by atoms with van der Waals surface area (Å²) in [5, 5.41) is 4.96. The molecule has 8 heteroatoms. The molecule has 0 bridgehead atoms. The van der Waals surface area contributed by atoms with Gasteiger partial charge in [0, 0.05) is 18.0 Å². The van der Waals surface area contributed by atoms with Gasteiger partial charge in [0.2, 0.25) is 5.91 Å². The zero-order valence-corrected chi connectivity index (χ0v) is 22.1. The van der Waals surface area contributed by atoms with E-state index in [0.29, 0.717) is 31.4 Å². The van der Waals surface area contributed by atoms with Crippen molar-refractivity contribution in [1.29, 1.82) is 0 Å². The number of urea groups is 1. The molecule has 36 heavy (non-hydrogen) atoms. The van der Waals surface area contributed by atoms with Crippen molar-refractivity contribution in [3.8, 4) is 5.75 Å². The predicted octanol–water partition coefficient (Wildman–Crippen LogP) is 5.59. The van der Waals surface area contributed by atoms with Gasteiger partial charge in [0.25, 0.3) is 0 Å². The minimum atomic E-state index is -0.270. The largest absolute Gasteiger partial charge is 0.491 e. The second-order valence-electron chi connectivity index (χ2n) is 9.35. The maximum absolute atomic E-state index is 13.6. The molecule has 0 saturated carbocycles. The van der Waals surface area contributed by atoms with Gasteiger partial charge in [-0.15, -0.1) is 11.3 Å². The van der Waals surface area contributed by atoms with Crippen molar-refractivity contribution < 1.29 is 18.7 Å². The maximum Gasteiger partial charge on any atom is 0.318 e. The molecule has 2 aromatic heterocycles. The smallest absolute Gasteiger partial charge is 0.318 e. The summed E-state index contributed by atoms with van der Waals surface area (Å²) < 4.78 is 11.6. The van der Waals surface area contributed by atoms with Crippen LogP contribution in [-0.4, -0.2) is 48.0 Å². The fraction of sp³-hybridized carbons (Fsp3) is 0.429. The number of ether oxygens (including phenoxy) is 1. The Morgan fingerprint density at radius 2 is 2.03 bits per heavy atom. The van der Waals surface area contributed by atoms with Crippen LogP contribution in [0.1, 0.15) is 60.9 Å². The number of amides is 3. The first-order chi connectivity index (χ1) is 17.5. The highest BCUT2D eigenvalue weighted by Crippen LogP contribution is 2.34. The number of fused-ring (bicyclic) bond motifs is 1. The fourth-order valence-corrected chi connectivity index (χ4v) is 5.31. The lowest BCUT2D eigenvalue weighted by Crippen LogP contribution is -2.49. The number of nitrogens with one attached hydrogen (secondary N) is 1. The minimum Gasteiger partial charge on any atom is -0.491 e. The Morgan fingerprint density at radius 3 is 2.72 bits per heavy atom. The Labute approximate surface area is 217 Å². The summed E-state index contributed by atoms with van der Waals surface area (Å²) in [6, 6.07) is 13.3. The van der Waals surface area contributed by atoms with Crippen LogP contribution in [0.25, 0.3) is 0 Å². The van der Waals surface area contributed by atoms with Crippen molar-refractivity contribution >= 4 is 23.3 Å². The van der Waals surface area contributed by atoms with Crippen molar-refractivity contribution in [3.05, 3.63) is 75.9 Å². The van der Waals surface area contributed by atoms with E-state index < -0.39 is 0 Å². The molecule has 3 amide bonds. The van der Waals surface area contributed by atoms with Crippen LogP contribution in [0.15, 0.2) is 58.5 Å². The summed E-state index contributed by atoms with van der Waals surface area (Å²) in [5.74, 6) is 1.77. The molecule has 1 unspecified atom stereocenters. The number of hydrogen-bond acceptors (Lipinski definition) is 5. The van der Waals surface area contributed by atoms with Crippen LogP contribution in [0.4, 0.5) is 4.79 Å². The van der Waals surface area contributed by atoms with Crippen LogP contribution in [0.2, 0.25) is 0 Å². The third-order valence-electron chi connectivity index (χ3n) is 6.44. The second kappa shape index (κ2) is 12.1. The zero-order valence-electron chi connectivity index (χ0n) is 21.2. The van der Waals surface area contributed by atoms with Gasteiger partial charge in [-0.05, 0) is 65.6 Å². The molecule has 4 rings (SSSR count). The third kappa shape index (κ3) is 6.29. The molecule has 0 fully saturated rings. The van der Waals surface area contributed by atoms with Gasteiger partial charge in [0.15, 0.2) is 0 Å². The van der Waals surface area contributed by atoms with Crippen molar-refractivity contribution in [2.75, 3.05) is 26.2 Å². The van der Waals surface area contributed by atoms with E-state index >= 15 is 0 Å². The van der Waals surface area contributed by atoms with E-state index in [-0.39, 0.29) is 31.1 Å². The zero-order chi connectivity index (χ0) is 25.5. The Bertz CT molecular complexity index is 1120. The van der Waals surface area contributed by atoms with Gasteiger partial charge in [0.05, 0.1) is 18.8 Å². The molecular formula is C28H35N3O4S. The molecule has 0 spiro atoms. The molecular weight excluding hydrogens is 474 g/mol. The highest BCUT2D eigenvalue weighted by atomic mass is 32.1. The topological polar surface area (TPSA) is 75.0 Å². The van der Waals surface area contributed by atoms with Crippen LogP contribution in [0, 0.1) is 0 Å². The number of benzene rings is 1. The fourth-order valence-electron chi connectivity index (χ4n) is 4.39. The molecule has 1 atom stereocenters. The monoisotopic (exact) mass is 509 g/mol. The predicted molar refractivity (Wildman–Crippen MR) is 141 cm³/mol. The first-order valence-corrected chi connectivity index (χ1v) is 13.5. The van der Waals surface area contributed by atoms with E-state index in [2.05, 4.69) is 42.7 Å². The van der Waals surface area contributed by atoms with Gasteiger partial charge in [0.1, 0.15) is 24.7 Å². The molecule has 3 heterocycles. The van der Waals surface area contributed by atoms with E-state index in [1.165, 1.54) is 15.3 Å². The summed E-state index contributed by atoms with van der Waals surface area (Å²) in [7, 11) is 0. The molecule has 192 valence electrons. The van der Waals surface area contributed by atoms with Gasteiger partial charge in [-0.3, -0.25) is 4.79 Å². The SMILES string of the molecule is CCCNC(=O)N(CC(=O)N1CCc2sccc2C1COc1ccc(C(C)C)cc1)Cc1ccco1. The van der Waals surface area contributed by atoms with E-state index in [0.717, 1.165) is 24.2 Å². The molecule has 0 aliphatic carbocycles. The van der Waals surface area contributed by atoms with Gasteiger partial charge >= 0.3 is 6.03 Å². The summed E-state index contributed by atoms with van der Waals surface area (Å²) in [6.45, 7) is 8.03. The number of carbonyl (C=O) groups is 2. The Morgan fingerprint density at radius 1 is 1.22 bits per heavy atom.